The minimum Gasteiger partial charge on any atom is -0.282 e. The van der Waals surface area contributed by atoms with Crippen LogP contribution in [0.3, 0.4) is 0 Å². The van der Waals surface area contributed by atoms with Crippen LogP contribution in [-0.4, -0.2) is 45.3 Å². The molecule has 0 bridgehead atoms. The molecule has 1 saturated carbocycles. The number of nitrogens with zero attached hydrogens (tertiary/aromatic N) is 2. The van der Waals surface area contributed by atoms with E-state index in [1.807, 2.05) is 0 Å². The summed E-state index contributed by atoms with van der Waals surface area (Å²) in [5.74, 6) is -2.17. The van der Waals surface area contributed by atoms with Gasteiger partial charge in [-0.05, 0) is 18.9 Å². The number of benzene rings is 1. The number of amides is 4. The Morgan fingerprint density at radius 3 is 2.30 bits per heavy atom. The molecule has 1 aromatic carbocycles. The second kappa shape index (κ2) is 8.05. The van der Waals surface area contributed by atoms with Gasteiger partial charge in [0.1, 0.15) is 0 Å². The number of fused-ring (bicyclic) bond motifs is 2. The maximum Gasteiger partial charge on any atom is 0.290 e. The van der Waals surface area contributed by atoms with Gasteiger partial charge in [0.05, 0.1) is 17.2 Å². The zero-order chi connectivity index (χ0) is 21.3. The van der Waals surface area contributed by atoms with Crippen LogP contribution in [0.15, 0.2) is 29.1 Å². The van der Waals surface area contributed by atoms with Crippen molar-refractivity contribution in [3.8, 4) is 0 Å². The highest BCUT2D eigenvalue weighted by molar-refractivity contribution is 6.06. The van der Waals surface area contributed by atoms with E-state index < -0.39 is 17.4 Å². The summed E-state index contributed by atoms with van der Waals surface area (Å²) in [5.41, 5.74) is 4.04. The second-order valence-corrected chi connectivity index (χ2v) is 7.52. The van der Waals surface area contributed by atoms with Gasteiger partial charge in [-0.25, -0.2) is 5.10 Å². The lowest BCUT2D eigenvalue weighted by atomic mass is 9.81. The maximum atomic E-state index is 12.4. The van der Waals surface area contributed by atoms with E-state index in [9.17, 15) is 24.0 Å². The first kappa shape index (κ1) is 19.7. The smallest absolute Gasteiger partial charge is 0.282 e. The van der Waals surface area contributed by atoms with Crippen LogP contribution in [0.1, 0.15) is 42.6 Å². The molecular formula is C20H21N5O5. The number of carbonyl (C=O) groups excluding carboxylic acids is 4. The van der Waals surface area contributed by atoms with E-state index in [0.717, 1.165) is 12.8 Å². The lowest BCUT2D eigenvalue weighted by molar-refractivity contribution is -0.140. The molecule has 10 nitrogen and oxygen atoms in total. The van der Waals surface area contributed by atoms with Gasteiger partial charge in [-0.3, -0.25) is 39.7 Å². The molecule has 0 unspecified atom stereocenters. The SMILES string of the molecule is O=C(CCN1C(=O)[C@H]2CCCC[C@@H]2C1=O)NNC(=O)c1n[nH]c(=O)c2ccccc12. The van der Waals surface area contributed by atoms with Gasteiger partial charge in [-0.2, -0.15) is 5.10 Å². The normalized spacial score (nSPS) is 20.9. The number of hydrogen-bond acceptors (Lipinski definition) is 6. The molecule has 156 valence electrons. The fourth-order valence-corrected chi connectivity index (χ4v) is 4.20. The van der Waals surface area contributed by atoms with Crippen LogP contribution in [0.5, 0.6) is 0 Å². The van der Waals surface area contributed by atoms with Crippen LogP contribution >= 0.6 is 0 Å². The van der Waals surface area contributed by atoms with Crippen molar-refractivity contribution in [2.45, 2.75) is 32.1 Å². The van der Waals surface area contributed by atoms with Crippen LogP contribution < -0.4 is 16.4 Å². The molecule has 3 N–H and O–H groups in total. The molecule has 1 saturated heterocycles. The van der Waals surface area contributed by atoms with E-state index in [4.69, 9.17) is 0 Å². The largest absolute Gasteiger partial charge is 0.290 e. The number of aromatic amines is 1. The Balaban J connectivity index is 1.34. The Labute approximate surface area is 171 Å². The molecule has 4 amide bonds. The van der Waals surface area contributed by atoms with E-state index in [-0.39, 0.29) is 42.3 Å². The van der Waals surface area contributed by atoms with Gasteiger partial charge < -0.3 is 0 Å². The number of aromatic nitrogens is 2. The van der Waals surface area contributed by atoms with Gasteiger partial charge in [0.15, 0.2) is 5.69 Å². The summed E-state index contributed by atoms with van der Waals surface area (Å²) < 4.78 is 0. The van der Waals surface area contributed by atoms with Crippen LogP contribution in [0.4, 0.5) is 0 Å². The van der Waals surface area contributed by atoms with E-state index in [0.29, 0.717) is 23.6 Å². The summed E-state index contributed by atoms with van der Waals surface area (Å²) in [6, 6.07) is 6.48. The lowest BCUT2D eigenvalue weighted by Crippen LogP contribution is -2.44. The standard InChI is InChI=1S/C20H21N5O5/c26-15(9-10-25-19(29)13-7-3-4-8-14(13)20(25)30)21-24-18(28)16-11-5-1-2-6-12(11)17(27)23-22-16/h1-2,5-6,13-14H,3-4,7-10H2,(H,21,26)(H,23,27)(H,24,28)/t13-,14-/m0/s1. The van der Waals surface area contributed by atoms with Crippen LogP contribution in [0.2, 0.25) is 0 Å². The third kappa shape index (κ3) is 3.56. The van der Waals surface area contributed by atoms with Gasteiger partial charge >= 0.3 is 0 Å². The fraction of sp³-hybridized carbons (Fsp3) is 0.400. The number of hydrazine groups is 1. The van der Waals surface area contributed by atoms with E-state index in [2.05, 4.69) is 21.0 Å². The van der Waals surface area contributed by atoms with Crippen molar-refractivity contribution in [2.75, 3.05) is 6.54 Å². The molecule has 4 rings (SSSR count). The number of nitrogens with one attached hydrogen (secondary N) is 3. The van der Waals surface area contributed by atoms with Gasteiger partial charge in [-0.15, -0.1) is 0 Å². The van der Waals surface area contributed by atoms with Crippen LogP contribution in [-0.2, 0) is 14.4 Å². The number of likely N-dealkylation sites (tertiary alicyclic amines) is 1. The summed E-state index contributed by atoms with van der Waals surface area (Å²) in [7, 11) is 0. The van der Waals surface area contributed by atoms with Crippen LogP contribution in [0, 0.1) is 11.8 Å². The summed E-state index contributed by atoms with van der Waals surface area (Å²) in [6.45, 7) is -0.0216. The van der Waals surface area contributed by atoms with Gasteiger partial charge in [0.25, 0.3) is 11.5 Å². The third-order valence-corrected chi connectivity index (χ3v) is 5.72. The number of hydrogen-bond donors (Lipinski definition) is 3. The highest BCUT2D eigenvalue weighted by Gasteiger charge is 2.47. The van der Waals surface area contributed by atoms with Crippen molar-refractivity contribution < 1.29 is 19.2 Å². The lowest BCUT2D eigenvalue weighted by Gasteiger charge is -2.19. The summed E-state index contributed by atoms with van der Waals surface area (Å²) in [6.07, 6.45) is 3.18. The molecule has 0 radical (unpaired) electrons. The van der Waals surface area contributed by atoms with E-state index in [1.54, 1.807) is 24.3 Å². The molecule has 1 aliphatic carbocycles. The minimum atomic E-state index is -0.699. The average Bonchev–Trinajstić information content (AvgIpc) is 3.01. The van der Waals surface area contributed by atoms with Crippen molar-refractivity contribution >= 4 is 34.4 Å². The number of imide groups is 1. The average molecular weight is 411 g/mol. The maximum absolute atomic E-state index is 12.4. The number of rotatable bonds is 4. The van der Waals surface area contributed by atoms with Crippen molar-refractivity contribution in [3.05, 3.63) is 40.3 Å². The van der Waals surface area contributed by atoms with Crippen molar-refractivity contribution in [1.29, 1.82) is 0 Å². The number of H-pyrrole nitrogens is 1. The zero-order valence-electron chi connectivity index (χ0n) is 16.1. The van der Waals surface area contributed by atoms with Crippen LogP contribution in [0.25, 0.3) is 10.8 Å². The first-order valence-electron chi connectivity index (χ1n) is 9.89. The van der Waals surface area contributed by atoms with Gasteiger partial charge in [-0.1, -0.05) is 31.0 Å². The Bertz CT molecular complexity index is 1070. The molecule has 1 aromatic heterocycles. The van der Waals surface area contributed by atoms with Gasteiger partial charge in [0, 0.05) is 18.4 Å². The topological polar surface area (TPSA) is 141 Å². The Morgan fingerprint density at radius 1 is 1.00 bits per heavy atom. The minimum absolute atomic E-state index is 0.0216. The highest BCUT2D eigenvalue weighted by Crippen LogP contribution is 2.37. The summed E-state index contributed by atoms with van der Waals surface area (Å²) in [4.78, 5) is 62.3. The first-order valence-corrected chi connectivity index (χ1v) is 9.89. The zero-order valence-corrected chi connectivity index (χ0v) is 16.1. The molecular weight excluding hydrogens is 390 g/mol. The first-order chi connectivity index (χ1) is 14.5. The molecule has 0 spiro atoms. The Hall–Kier alpha value is -3.56. The van der Waals surface area contributed by atoms with E-state index in [1.165, 1.54) is 4.90 Å². The molecule has 2 atom stereocenters. The summed E-state index contributed by atoms with van der Waals surface area (Å²) in [5, 5.41) is 6.66. The second-order valence-electron chi connectivity index (χ2n) is 7.52. The molecule has 30 heavy (non-hydrogen) atoms. The highest BCUT2D eigenvalue weighted by atomic mass is 16.2. The van der Waals surface area contributed by atoms with Gasteiger partial charge in [0.2, 0.25) is 17.7 Å². The molecule has 10 heteroatoms. The van der Waals surface area contributed by atoms with Crippen molar-refractivity contribution in [1.82, 2.24) is 25.9 Å². The van der Waals surface area contributed by atoms with Crippen molar-refractivity contribution in [2.24, 2.45) is 11.8 Å². The quantitative estimate of drug-likeness (QED) is 0.486. The Morgan fingerprint density at radius 2 is 1.63 bits per heavy atom. The number of carbonyl (C=O) groups is 4. The predicted octanol–water partition coefficient (Wildman–Crippen LogP) is 0.249. The molecule has 2 aromatic rings. The fourth-order valence-electron chi connectivity index (χ4n) is 4.20. The molecule has 2 heterocycles. The van der Waals surface area contributed by atoms with Crippen molar-refractivity contribution in [3.63, 3.8) is 0 Å². The molecule has 2 aliphatic rings. The monoisotopic (exact) mass is 411 g/mol. The summed E-state index contributed by atoms with van der Waals surface area (Å²) >= 11 is 0. The third-order valence-electron chi connectivity index (χ3n) is 5.72. The molecule has 1 aliphatic heterocycles. The van der Waals surface area contributed by atoms with E-state index >= 15 is 0 Å². The predicted molar refractivity (Wildman–Crippen MR) is 105 cm³/mol. The Kier molecular flexibility index (Phi) is 5.30. The molecule has 2 fully saturated rings.